The zero-order valence-electron chi connectivity index (χ0n) is 13.1. The van der Waals surface area contributed by atoms with Crippen molar-refractivity contribution in [3.05, 3.63) is 0 Å². The van der Waals surface area contributed by atoms with Gasteiger partial charge in [-0.25, -0.2) is 4.79 Å². The highest BCUT2D eigenvalue weighted by Gasteiger charge is 2.49. The van der Waals surface area contributed by atoms with Crippen molar-refractivity contribution >= 4 is 17.8 Å². The number of nitrogens with zero attached hydrogens (tertiary/aromatic N) is 1. The van der Waals surface area contributed by atoms with E-state index in [4.69, 9.17) is 0 Å². The second-order valence-corrected chi connectivity index (χ2v) is 6.90. The van der Waals surface area contributed by atoms with Gasteiger partial charge in [-0.1, -0.05) is 0 Å². The summed E-state index contributed by atoms with van der Waals surface area (Å²) in [7, 11) is 0. The van der Waals surface area contributed by atoms with E-state index in [1.807, 2.05) is 6.92 Å². The number of carbonyl (C=O) groups excluding carboxylic acids is 3. The summed E-state index contributed by atoms with van der Waals surface area (Å²) >= 11 is 0. The van der Waals surface area contributed by atoms with E-state index in [0.717, 1.165) is 32.2 Å². The molecule has 3 atom stereocenters. The molecule has 122 valence electrons. The van der Waals surface area contributed by atoms with Crippen LogP contribution in [0, 0.1) is 5.92 Å². The summed E-state index contributed by atoms with van der Waals surface area (Å²) in [6, 6.07) is -0.274. The molecule has 1 aliphatic carbocycles. The first kappa shape index (κ1) is 15.3. The quantitative estimate of drug-likeness (QED) is 0.636. The Hall–Kier alpha value is -1.63. The summed E-state index contributed by atoms with van der Waals surface area (Å²) in [5, 5.41) is 8.10. The number of imide groups is 1. The average molecular weight is 308 g/mol. The van der Waals surface area contributed by atoms with Gasteiger partial charge in [-0.15, -0.1) is 0 Å². The van der Waals surface area contributed by atoms with Crippen LogP contribution < -0.4 is 16.0 Å². The van der Waals surface area contributed by atoms with E-state index in [-0.39, 0.29) is 23.8 Å². The maximum absolute atomic E-state index is 12.2. The molecular weight excluding hydrogens is 284 g/mol. The van der Waals surface area contributed by atoms with Crippen molar-refractivity contribution in [1.29, 1.82) is 0 Å². The van der Waals surface area contributed by atoms with Crippen molar-refractivity contribution in [1.82, 2.24) is 20.9 Å². The molecule has 3 rings (SSSR count). The second-order valence-electron chi connectivity index (χ2n) is 6.90. The van der Waals surface area contributed by atoms with Crippen molar-refractivity contribution in [3.63, 3.8) is 0 Å². The van der Waals surface area contributed by atoms with Gasteiger partial charge in [0.1, 0.15) is 5.54 Å². The molecule has 22 heavy (non-hydrogen) atoms. The molecule has 0 aromatic heterocycles. The molecule has 0 aromatic carbocycles. The normalized spacial score (nSPS) is 34.0. The van der Waals surface area contributed by atoms with E-state index >= 15 is 0 Å². The number of rotatable bonds is 4. The highest BCUT2D eigenvalue weighted by atomic mass is 16.2. The highest BCUT2D eigenvalue weighted by molar-refractivity contribution is 6.07. The third-order valence-corrected chi connectivity index (χ3v) is 5.19. The number of likely N-dealkylation sites (tertiary alicyclic amines) is 1. The van der Waals surface area contributed by atoms with Gasteiger partial charge in [-0.3, -0.25) is 19.8 Å². The summed E-state index contributed by atoms with van der Waals surface area (Å²) in [6.07, 6.45) is 3.94. The molecule has 7 nitrogen and oxygen atoms in total. The van der Waals surface area contributed by atoms with E-state index in [1.54, 1.807) is 6.92 Å². The number of hydrogen-bond donors (Lipinski definition) is 3. The van der Waals surface area contributed by atoms with Crippen LogP contribution in [0.1, 0.15) is 39.5 Å². The van der Waals surface area contributed by atoms with Crippen LogP contribution in [-0.2, 0) is 9.59 Å². The van der Waals surface area contributed by atoms with Gasteiger partial charge in [0.15, 0.2) is 0 Å². The van der Waals surface area contributed by atoms with Crippen LogP contribution in [0.2, 0.25) is 0 Å². The molecule has 4 amide bonds. The zero-order valence-corrected chi connectivity index (χ0v) is 13.1. The standard InChI is InChI=1S/C15H24N4O3/c1-9(12(20)16-11-5-6-11)19-7-3-4-10(8-19)15(2)13(21)17-14(22)18-15/h9-11H,3-8H2,1-2H3,(H,16,20)(H2,17,18,21,22)/t9-,10+,15+/m1/s1. The third kappa shape index (κ3) is 2.82. The van der Waals surface area contributed by atoms with Crippen molar-refractivity contribution in [3.8, 4) is 0 Å². The minimum Gasteiger partial charge on any atom is -0.352 e. The van der Waals surface area contributed by atoms with E-state index < -0.39 is 11.6 Å². The van der Waals surface area contributed by atoms with E-state index in [0.29, 0.717) is 12.6 Å². The van der Waals surface area contributed by atoms with E-state index in [9.17, 15) is 14.4 Å². The molecule has 7 heteroatoms. The van der Waals surface area contributed by atoms with Crippen LogP contribution >= 0.6 is 0 Å². The van der Waals surface area contributed by atoms with Crippen LogP contribution in [0.5, 0.6) is 0 Å². The smallest absolute Gasteiger partial charge is 0.322 e. The molecule has 2 aliphatic heterocycles. The van der Waals surface area contributed by atoms with E-state index in [1.165, 1.54) is 0 Å². The minimum absolute atomic E-state index is 0.0175. The molecular formula is C15H24N4O3. The van der Waals surface area contributed by atoms with Crippen molar-refractivity contribution in [2.24, 2.45) is 5.92 Å². The van der Waals surface area contributed by atoms with Crippen LogP contribution in [0.4, 0.5) is 4.79 Å². The molecule has 0 bridgehead atoms. The largest absolute Gasteiger partial charge is 0.352 e. The number of hydrogen-bond acceptors (Lipinski definition) is 4. The fraction of sp³-hybridized carbons (Fsp3) is 0.800. The van der Waals surface area contributed by atoms with Crippen LogP contribution in [0.3, 0.4) is 0 Å². The van der Waals surface area contributed by atoms with Gasteiger partial charge in [-0.05, 0) is 46.1 Å². The number of carbonyl (C=O) groups is 3. The fourth-order valence-electron chi connectivity index (χ4n) is 3.39. The van der Waals surface area contributed by atoms with Gasteiger partial charge in [0.05, 0.1) is 6.04 Å². The Bertz CT molecular complexity index is 505. The summed E-state index contributed by atoms with van der Waals surface area (Å²) in [4.78, 5) is 37.9. The van der Waals surface area contributed by atoms with Crippen LogP contribution in [0.25, 0.3) is 0 Å². The first-order chi connectivity index (χ1) is 10.4. The number of piperidine rings is 1. The Kier molecular flexibility index (Phi) is 3.84. The predicted molar refractivity (Wildman–Crippen MR) is 80.0 cm³/mol. The van der Waals surface area contributed by atoms with Gasteiger partial charge in [-0.2, -0.15) is 0 Å². The van der Waals surface area contributed by atoms with Gasteiger partial charge < -0.3 is 10.6 Å². The third-order valence-electron chi connectivity index (χ3n) is 5.19. The second kappa shape index (κ2) is 5.53. The van der Waals surface area contributed by atoms with Crippen LogP contribution in [-0.4, -0.2) is 53.5 Å². The lowest BCUT2D eigenvalue weighted by Crippen LogP contribution is -2.58. The lowest BCUT2D eigenvalue weighted by atomic mass is 9.79. The fourth-order valence-corrected chi connectivity index (χ4v) is 3.39. The number of urea groups is 1. The van der Waals surface area contributed by atoms with Crippen molar-refractivity contribution in [2.45, 2.75) is 57.2 Å². The first-order valence-corrected chi connectivity index (χ1v) is 8.08. The predicted octanol–water partition coefficient (Wildman–Crippen LogP) is -0.0364. The summed E-state index contributed by atoms with van der Waals surface area (Å²) in [6.45, 7) is 5.18. The van der Waals surface area contributed by atoms with Gasteiger partial charge in [0, 0.05) is 18.5 Å². The van der Waals surface area contributed by atoms with Gasteiger partial charge >= 0.3 is 6.03 Å². The summed E-state index contributed by atoms with van der Waals surface area (Å²) in [5.74, 6) is -0.184. The highest BCUT2D eigenvalue weighted by Crippen LogP contribution is 2.30. The topological polar surface area (TPSA) is 90.5 Å². The molecule has 3 fully saturated rings. The van der Waals surface area contributed by atoms with Crippen molar-refractivity contribution in [2.75, 3.05) is 13.1 Å². The van der Waals surface area contributed by atoms with Gasteiger partial charge in [0.25, 0.3) is 5.91 Å². The first-order valence-electron chi connectivity index (χ1n) is 8.08. The monoisotopic (exact) mass is 308 g/mol. The molecule has 3 N–H and O–H groups in total. The molecule has 0 spiro atoms. The van der Waals surface area contributed by atoms with Crippen molar-refractivity contribution < 1.29 is 14.4 Å². The minimum atomic E-state index is -0.873. The SMILES string of the molecule is C[C@H](C(=O)NC1CC1)N1CCC[C@H]([C@]2(C)NC(=O)NC2=O)C1. The zero-order chi connectivity index (χ0) is 15.9. The molecule has 3 aliphatic rings. The maximum Gasteiger partial charge on any atom is 0.322 e. The maximum atomic E-state index is 12.2. The average Bonchev–Trinajstić information content (AvgIpc) is 3.25. The lowest BCUT2D eigenvalue weighted by Gasteiger charge is -2.41. The Morgan fingerprint density at radius 1 is 1.36 bits per heavy atom. The number of nitrogens with one attached hydrogen (secondary N) is 3. The van der Waals surface area contributed by atoms with Gasteiger partial charge in [0.2, 0.25) is 5.91 Å². The number of amides is 4. The molecule has 1 saturated carbocycles. The Labute approximate surface area is 130 Å². The van der Waals surface area contributed by atoms with Crippen LogP contribution in [0.15, 0.2) is 0 Å². The Morgan fingerprint density at radius 2 is 2.09 bits per heavy atom. The molecule has 0 unspecified atom stereocenters. The molecule has 0 aromatic rings. The Balaban J connectivity index is 1.64. The summed E-state index contributed by atoms with van der Waals surface area (Å²) in [5.41, 5.74) is -0.873. The molecule has 2 heterocycles. The lowest BCUT2D eigenvalue weighted by molar-refractivity contribution is -0.128. The molecule has 2 saturated heterocycles. The summed E-state index contributed by atoms with van der Waals surface area (Å²) < 4.78 is 0. The molecule has 0 radical (unpaired) electrons. The van der Waals surface area contributed by atoms with E-state index in [2.05, 4.69) is 20.9 Å². The Morgan fingerprint density at radius 3 is 2.68 bits per heavy atom.